The molecule has 1 saturated heterocycles. The van der Waals surface area contributed by atoms with E-state index in [1.165, 1.54) is 4.90 Å². The van der Waals surface area contributed by atoms with Crippen molar-refractivity contribution in [3.63, 3.8) is 0 Å². The average molecular weight is 302 g/mol. The first-order valence-corrected chi connectivity index (χ1v) is 6.55. The summed E-state index contributed by atoms with van der Waals surface area (Å²) < 4.78 is 36.1. The summed E-state index contributed by atoms with van der Waals surface area (Å²) in [6.07, 6.45) is -4.39. The van der Waals surface area contributed by atoms with Crippen molar-refractivity contribution in [1.82, 2.24) is 10.2 Å². The number of hydrogen-bond acceptors (Lipinski definition) is 3. The van der Waals surface area contributed by atoms with Crippen molar-refractivity contribution in [1.29, 1.82) is 0 Å². The highest BCUT2D eigenvalue weighted by Crippen LogP contribution is 2.18. The van der Waals surface area contributed by atoms with Crippen LogP contribution >= 0.6 is 0 Å². The Morgan fingerprint density at radius 3 is 2.24 bits per heavy atom. The molecule has 1 aromatic carbocycles. The first kappa shape index (κ1) is 15.3. The lowest BCUT2D eigenvalue weighted by molar-refractivity contribution is -0.123. The highest BCUT2D eigenvalue weighted by Gasteiger charge is 2.29. The third kappa shape index (κ3) is 4.44. The molecule has 0 bridgehead atoms. The number of benzene rings is 1. The molecule has 1 fully saturated rings. The summed E-state index contributed by atoms with van der Waals surface area (Å²) in [4.78, 5) is 15.1. The van der Waals surface area contributed by atoms with Crippen molar-refractivity contribution >= 4 is 17.4 Å². The van der Waals surface area contributed by atoms with Crippen LogP contribution in [-0.2, 0) is 0 Å². The molecule has 3 N–H and O–H groups in total. The predicted molar refractivity (Wildman–Crippen MR) is 74.1 cm³/mol. The fourth-order valence-electron chi connectivity index (χ4n) is 2.14. The van der Waals surface area contributed by atoms with Gasteiger partial charge in [0.15, 0.2) is 0 Å². The maximum Gasteiger partial charge on any atom is 0.405 e. The van der Waals surface area contributed by atoms with Gasteiger partial charge in [0.2, 0.25) is 0 Å². The number of nitrogens with zero attached hydrogens (tertiary/aromatic N) is 2. The minimum Gasteiger partial charge on any atom is -0.399 e. The summed E-state index contributed by atoms with van der Waals surface area (Å²) in [5.74, 6) is 0. The van der Waals surface area contributed by atoms with Crippen LogP contribution < -0.4 is 16.0 Å². The first-order valence-electron chi connectivity index (χ1n) is 6.55. The number of nitrogens with one attached hydrogen (secondary N) is 1. The molecule has 0 unspecified atom stereocenters. The zero-order valence-corrected chi connectivity index (χ0v) is 11.4. The molecule has 5 nitrogen and oxygen atoms in total. The van der Waals surface area contributed by atoms with E-state index in [9.17, 15) is 18.0 Å². The van der Waals surface area contributed by atoms with E-state index in [4.69, 9.17) is 5.73 Å². The molecule has 0 atom stereocenters. The number of anilines is 2. The van der Waals surface area contributed by atoms with Crippen LogP contribution in [0, 0.1) is 0 Å². The second-order valence-corrected chi connectivity index (χ2v) is 4.84. The van der Waals surface area contributed by atoms with Gasteiger partial charge >= 0.3 is 12.2 Å². The number of carbonyl (C=O) groups is 1. The molecule has 1 aliphatic rings. The molecular weight excluding hydrogens is 285 g/mol. The van der Waals surface area contributed by atoms with Gasteiger partial charge in [-0.3, -0.25) is 0 Å². The summed E-state index contributed by atoms with van der Waals surface area (Å²) in [6, 6.07) is 6.67. The lowest BCUT2D eigenvalue weighted by Gasteiger charge is -2.36. The molecule has 116 valence electrons. The molecule has 0 aliphatic carbocycles. The standard InChI is InChI=1S/C13H17F3N4O/c14-13(15,16)9-18-12(21)20-7-5-19(6-8-20)11-3-1-10(17)2-4-11/h1-4H,5-9,17H2,(H,18,21). The normalized spacial score (nSPS) is 16.0. The zero-order chi connectivity index (χ0) is 15.5. The molecule has 0 saturated carbocycles. The Kier molecular flexibility index (Phi) is 4.44. The van der Waals surface area contributed by atoms with Gasteiger partial charge in [-0.1, -0.05) is 0 Å². The van der Waals surface area contributed by atoms with Crippen molar-refractivity contribution in [2.24, 2.45) is 0 Å². The molecule has 1 aliphatic heterocycles. The van der Waals surface area contributed by atoms with E-state index < -0.39 is 18.8 Å². The summed E-state index contributed by atoms with van der Waals surface area (Å²) >= 11 is 0. The van der Waals surface area contributed by atoms with Gasteiger partial charge in [0, 0.05) is 37.6 Å². The number of amides is 2. The van der Waals surface area contributed by atoms with E-state index in [-0.39, 0.29) is 0 Å². The average Bonchev–Trinajstić information content (AvgIpc) is 2.45. The molecule has 0 radical (unpaired) electrons. The van der Waals surface area contributed by atoms with Crippen LogP contribution in [0.3, 0.4) is 0 Å². The molecule has 1 aromatic rings. The van der Waals surface area contributed by atoms with E-state index in [2.05, 4.69) is 4.90 Å². The molecule has 8 heteroatoms. The number of carbonyl (C=O) groups excluding carboxylic acids is 1. The summed E-state index contributed by atoms with van der Waals surface area (Å²) in [6.45, 7) is 0.610. The van der Waals surface area contributed by atoms with Gasteiger partial charge in [0.25, 0.3) is 0 Å². The van der Waals surface area contributed by atoms with Crippen LogP contribution in [0.5, 0.6) is 0 Å². The van der Waals surface area contributed by atoms with Crippen molar-refractivity contribution in [2.45, 2.75) is 6.18 Å². The van der Waals surface area contributed by atoms with Crippen LogP contribution in [0.4, 0.5) is 29.3 Å². The predicted octanol–water partition coefficient (Wildman–Crippen LogP) is 1.66. The smallest absolute Gasteiger partial charge is 0.399 e. The molecular formula is C13H17F3N4O. The number of alkyl halides is 3. The van der Waals surface area contributed by atoms with E-state index in [1.807, 2.05) is 17.4 Å². The van der Waals surface area contributed by atoms with Crippen LogP contribution in [0.1, 0.15) is 0 Å². The fraction of sp³-hybridized carbons (Fsp3) is 0.462. The molecule has 21 heavy (non-hydrogen) atoms. The van der Waals surface area contributed by atoms with E-state index in [1.54, 1.807) is 12.1 Å². The number of piperazine rings is 1. The van der Waals surface area contributed by atoms with E-state index >= 15 is 0 Å². The molecule has 1 heterocycles. The Labute approximate surface area is 120 Å². The number of hydrogen-bond donors (Lipinski definition) is 2. The number of nitrogen functional groups attached to an aromatic ring is 1. The highest BCUT2D eigenvalue weighted by atomic mass is 19.4. The third-order valence-electron chi connectivity index (χ3n) is 3.27. The van der Waals surface area contributed by atoms with Gasteiger partial charge in [-0.15, -0.1) is 0 Å². The number of urea groups is 1. The van der Waals surface area contributed by atoms with Crippen LogP contribution in [0.2, 0.25) is 0 Å². The van der Waals surface area contributed by atoms with Crippen LogP contribution in [0.25, 0.3) is 0 Å². The number of rotatable bonds is 2. The maximum atomic E-state index is 12.0. The Balaban J connectivity index is 1.82. The largest absolute Gasteiger partial charge is 0.405 e. The molecule has 2 rings (SSSR count). The van der Waals surface area contributed by atoms with Crippen molar-refractivity contribution in [2.75, 3.05) is 43.4 Å². The Morgan fingerprint density at radius 2 is 1.71 bits per heavy atom. The minimum atomic E-state index is -4.39. The Morgan fingerprint density at radius 1 is 1.14 bits per heavy atom. The van der Waals surface area contributed by atoms with Crippen molar-refractivity contribution in [3.05, 3.63) is 24.3 Å². The van der Waals surface area contributed by atoms with Crippen LogP contribution in [-0.4, -0.2) is 49.8 Å². The second-order valence-electron chi connectivity index (χ2n) is 4.84. The lowest BCUT2D eigenvalue weighted by Crippen LogP contribution is -2.53. The van der Waals surface area contributed by atoms with Crippen LogP contribution in [0.15, 0.2) is 24.3 Å². The van der Waals surface area contributed by atoms with Gasteiger partial charge in [0.1, 0.15) is 6.54 Å². The monoisotopic (exact) mass is 302 g/mol. The third-order valence-corrected chi connectivity index (χ3v) is 3.27. The van der Waals surface area contributed by atoms with Gasteiger partial charge in [0.05, 0.1) is 0 Å². The van der Waals surface area contributed by atoms with Gasteiger partial charge in [-0.05, 0) is 24.3 Å². The topological polar surface area (TPSA) is 61.6 Å². The van der Waals surface area contributed by atoms with E-state index in [0.717, 1.165) is 5.69 Å². The summed E-state index contributed by atoms with van der Waals surface area (Å²) in [5, 5.41) is 1.88. The van der Waals surface area contributed by atoms with Crippen molar-refractivity contribution < 1.29 is 18.0 Å². The summed E-state index contributed by atoms with van der Waals surface area (Å²) in [5.41, 5.74) is 7.27. The second kappa shape index (κ2) is 6.11. The maximum absolute atomic E-state index is 12.0. The molecule has 0 spiro atoms. The zero-order valence-electron chi connectivity index (χ0n) is 11.4. The summed E-state index contributed by atoms with van der Waals surface area (Å²) in [7, 11) is 0. The van der Waals surface area contributed by atoms with Gasteiger partial charge in [-0.2, -0.15) is 13.2 Å². The van der Waals surface area contributed by atoms with Gasteiger partial charge in [-0.25, -0.2) is 4.79 Å². The quantitative estimate of drug-likeness (QED) is 0.817. The molecule has 0 aromatic heterocycles. The SMILES string of the molecule is Nc1ccc(N2CCN(C(=O)NCC(F)(F)F)CC2)cc1. The molecule has 2 amide bonds. The van der Waals surface area contributed by atoms with Crippen molar-refractivity contribution in [3.8, 4) is 0 Å². The van der Waals surface area contributed by atoms with Gasteiger partial charge < -0.3 is 20.9 Å². The minimum absolute atomic E-state index is 0.383. The van der Waals surface area contributed by atoms with E-state index in [0.29, 0.717) is 31.9 Å². The Hall–Kier alpha value is -2.12. The highest BCUT2D eigenvalue weighted by molar-refractivity contribution is 5.74. The number of halogens is 3. The fourth-order valence-corrected chi connectivity index (χ4v) is 2.14. The lowest BCUT2D eigenvalue weighted by atomic mass is 10.2. The first-order chi connectivity index (χ1) is 9.85. The number of nitrogens with two attached hydrogens (primary N) is 1. The Bertz CT molecular complexity index is 481.